The van der Waals surface area contributed by atoms with E-state index in [-0.39, 0.29) is 0 Å². The van der Waals surface area contributed by atoms with Crippen molar-refractivity contribution in [1.29, 1.82) is 0 Å². The number of ether oxygens (including phenoxy) is 1. The monoisotopic (exact) mass is 299 g/mol. The van der Waals surface area contributed by atoms with Gasteiger partial charge in [0.15, 0.2) is 11.6 Å². The van der Waals surface area contributed by atoms with Gasteiger partial charge in [-0.2, -0.15) is 11.8 Å². The molecule has 0 N–H and O–H groups in total. The van der Waals surface area contributed by atoms with Crippen molar-refractivity contribution in [1.82, 2.24) is 4.90 Å². The topological polar surface area (TPSA) is 12.5 Å². The van der Waals surface area contributed by atoms with Gasteiger partial charge in [0, 0.05) is 12.6 Å². The summed E-state index contributed by atoms with van der Waals surface area (Å²) in [5, 5.41) is 0. The molecule has 2 saturated heterocycles. The summed E-state index contributed by atoms with van der Waals surface area (Å²) in [7, 11) is 0. The van der Waals surface area contributed by atoms with Crippen LogP contribution in [-0.2, 0) is 0 Å². The molecule has 1 spiro atoms. The quantitative estimate of drug-likeness (QED) is 0.847. The van der Waals surface area contributed by atoms with Crippen LogP contribution in [0.2, 0.25) is 0 Å². The molecule has 3 rings (SSSR count). The van der Waals surface area contributed by atoms with Gasteiger partial charge in [0.1, 0.15) is 12.4 Å². The van der Waals surface area contributed by atoms with E-state index < -0.39 is 11.6 Å². The Hall–Kier alpha value is -0.810. The molecule has 0 amide bonds. The molecule has 0 unspecified atom stereocenters. The molecule has 0 atom stereocenters. The Labute approximate surface area is 122 Å². The van der Waals surface area contributed by atoms with Crippen molar-refractivity contribution in [2.75, 3.05) is 37.7 Å². The molecule has 0 aromatic heterocycles. The largest absolute Gasteiger partial charge is 0.492 e. The third-order valence-electron chi connectivity index (χ3n) is 4.30. The number of halogens is 2. The first-order valence-corrected chi connectivity index (χ1v) is 8.20. The fourth-order valence-electron chi connectivity index (χ4n) is 2.79. The Morgan fingerprint density at radius 2 is 1.90 bits per heavy atom. The average Bonchev–Trinajstić information content (AvgIpc) is 2.42. The fraction of sp³-hybridized carbons (Fsp3) is 0.600. The van der Waals surface area contributed by atoms with E-state index in [0.717, 1.165) is 31.8 Å². The molecule has 2 heterocycles. The minimum Gasteiger partial charge on any atom is -0.492 e. The highest BCUT2D eigenvalue weighted by Crippen LogP contribution is 2.45. The van der Waals surface area contributed by atoms with E-state index in [0.29, 0.717) is 17.8 Å². The fourth-order valence-corrected chi connectivity index (χ4v) is 4.15. The van der Waals surface area contributed by atoms with Crippen LogP contribution < -0.4 is 4.74 Å². The maximum atomic E-state index is 13.0. The summed E-state index contributed by atoms with van der Waals surface area (Å²) < 4.78 is 31.3. The molecule has 2 nitrogen and oxygen atoms in total. The molecule has 0 radical (unpaired) electrons. The molecule has 2 aliphatic rings. The van der Waals surface area contributed by atoms with Crippen molar-refractivity contribution in [2.24, 2.45) is 5.41 Å². The van der Waals surface area contributed by atoms with Crippen LogP contribution in [0.25, 0.3) is 0 Å². The van der Waals surface area contributed by atoms with Crippen LogP contribution >= 0.6 is 11.8 Å². The highest BCUT2D eigenvalue weighted by atomic mass is 32.2. The molecule has 1 aromatic carbocycles. The Balaban J connectivity index is 1.40. The van der Waals surface area contributed by atoms with E-state index in [1.54, 1.807) is 0 Å². The third-order valence-corrected chi connectivity index (χ3v) is 5.93. The number of rotatable bonds is 4. The zero-order valence-electron chi connectivity index (χ0n) is 11.4. The first kappa shape index (κ1) is 14.1. The number of likely N-dealkylation sites (tertiary alicyclic amines) is 1. The lowest BCUT2D eigenvalue weighted by atomic mass is 9.81. The minimum absolute atomic E-state index is 0.396. The predicted molar refractivity (Wildman–Crippen MR) is 77.3 cm³/mol. The molecule has 0 aliphatic carbocycles. The highest BCUT2D eigenvalue weighted by Gasteiger charge is 2.40. The predicted octanol–water partition coefficient (Wildman–Crippen LogP) is 3.17. The van der Waals surface area contributed by atoms with E-state index in [1.165, 1.54) is 30.4 Å². The van der Waals surface area contributed by atoms with Gasteiger partial charge in [-0.25, -0.2) is 8.78 Å². The lowest BCUT2D eigenvalue weighted by molar-refractivity contribution is 0.115. The summed E-state index contributed by atoms with van der Waals surface area (Å²) in [6.07, 6.45) is 2.57. The van der Waals surface area contributed by atoms with Gasteiger partial charge in [0.2, 0.25) is 0 Å². The lowest BCUT2D eigenvalue weighted by Gasteiger charge is -2.47. The van der Waals surface area contributed by atoms with Crippen LogP contribution in [0.5, 0.6) is 5.75 Å². The van der Waals surface area contributed by atoms with Crippen molar-refractivity contribution in [3.05, 3.63) is 29.8 Å². The van der Waals surface area contributed by atoms with Gasteiger partial charge in [0.05, 0.1) is 0 Å². The van der Waals surface area contributed by atoms with Gasteiger partial charge < -0.3 is 4.74 Å². The van der Waals surface area contributed by atoms with E-state index in [9.17, 15) is 8.78 Å². The molecule has 1 aromatic rings. The standard InChI is InChI=1S/C15H19F2NOS/c16-13-2-1-12(9-14(13)17)19-8-7-18-5-3-15(4-6-18)10-20-11-15/h1-2,9H,3-8,10-11H2. The minimum atomic E-state index is -0.857. The third kappa shape index (κ3) is 3.09. The second-order valence-electron chi connectivity index (χ2n) is 5.76. The lowest BCUT2D eigenvalue weighted by Crippen LogP contribution is -2.47. The van der Waals surface area contributed by atoms with Gasteiger partial charge in [-0.1, -0.05) is 0 Å². The Morgan fingerprint density at radius 3 is 2.50 bits per heavy atom. The highest BCUT2D eigenvalue weighted by molar-refractivity contribution is 8.00. The maximum absolute atomic E-state index is 13.0. The van der Waals surface area contributed by atoms with Crippen LogP contribution in [0.4, 0.5) is 8.78 Å². The summed E-state index contributed by atoms with van der Waals surface area (Å²) in [5.41, 5.74) is 0.627. The Kier molecular flexibility index (Phi) is 4.17. The smallest absolute Gasteiger partial charge is 0.162 e. The number of hydrogen-bond acceptors (Lipinski definition) is 3. The molecular formula is C15H19F2NOS. The summed E-state index contributed by atoms with van der Waals surface area (Å²) in [6.45, 7) is 3.62. The summed E-state index contributed by atoms with van der Waals surface area (Å²) >= 11 is 2.05. The van der Waals surface area contributed by atoms with Gasteiger partial charge in [0.25, 0.3) is 0 Å². The van der Waals surface area contributed by atoms with Gasteiger partial charge in [-0.15, -0.1) is 0 Å². The van der Waals surface area contributed by atoms with Crippen molar-refractivity contribution in [3.8, 4) is 5.75 Å². The summed E-state index contributed by atoms with van der Waals surface area (Å²) in [5.74, 6) is 1.35. The molecule has 0 bridgehead atoms. The maximum Gasteiger partial charge on any atom is 0.162 e. The number of nitrogens with zero attached hydrogens (tertiary/aromatic N) is 1. The first-order valence-electron chi connectivity index (χ1n) is 7.05. The van der Waals surface area contributed by atoms with Crippen molar-refractivity contribution >= 4 is 11.8 Å². The van der Waals surface area contributed by atoms with Crippen molar-refractivity contribution in [2.45, 2.75) is 12.8 Å². The summed E-state index contributed by atoms with van der Waals surface area (Å²) in [4.78, 5) is 2.40. The molecule has 2 aliphatic heterocycles. The molecule has 2 fully saturated rings. The second kappa shape index (κ2) is 5.90. The van der Waals surface area contributed by atoms with Crippen LogP contribution in [-0.4, -0.2) is 42.6 Å². The first-order chi connectivity index (χ1) is 9.67. The molecular weight excluding hydrogens is 280 g/mol. The second-order valence-corrected chi connectivity index (χ2v) is 6.74. The molecule has 20 heavy (non-hydrogen) atoms. The number of thioether (sulfide) groups is 1. The van der Waals surface area contributed by atoms with E-state index in [4.69, 9.17) is 4.74 Å². The number of benzene rings is 1. The average molecular weight is 299 g/mol. The normalized spacial score (nSPS) is 21.7. The van der Waals surface area contributed by atoms with Gasteiger partial charge in [-0.05, 0) is 55.0 Å². The summed E-state index contributed by atoms with van der Waals surface area (Å²) in [6, 6.07) is 3.67. The van der Waals surface area contributed by atoms with E-state index in [1.807, 2.05) is 0 Å². The zero-order chi connectivity index (χ0) is 14.0. The van der Waals surface area contributed by atoms with Crippen LogP contribution in [0.3, 0.4) is 0 Å². The number of piperidine rings is 1. The van der Waals surface area contributed by atoms with Crippen LogP contribution in [0.1, 0.15) is 12.8 Å². The van der Waals surface area contributed by atoms with Crippen LogP contribution in [0, 0.1) is 17.0 Å². The van der Waals surface area contributed by atoms with Crippen molar-refractivity contribution in [3.63, 3.8) is 0 Å². The van der Waals surface area contributed by atoms with E-state index in [2.05, 4.69) is 16.7 Å². The molecule has 110 valence electrons. The van der Waals surface area contributed by atoms with Crippen molar-refractivity contribution < 1.29 is 13.5 Å². The zero-order valence-corrected chi connectivity index (χ0v) is 12.2. The van der Waals surface area contributed by atoms with E-state index >= 15 is 0 Å². The Bertz CT molecular complexity index is 469. The molecule has 5 heteroatoms. The van der Waals surface area contributed by atoms with Crippen LogP contribution in [0.15, 0.2) is 18.2 Å². The van der Waals surface area contributed by atoms with Gasteiger partial charge in [-0.3, -0.25) is 4.90 Å². The SMILES string of the molecule is Fc1ccc(OCCN2CCC3(CC2)CSC3)cc1F. The molecule has 0 saturated carbocycles. The number of hydrogen-bond donors (Lipinski definition) is 0. The van der Waals surface area contributed by atoms with Gasteiger partial charge >= 0.3 is 0 Å². The Morgan fingerprint density at radius 1 is 1.15 bits per heavy atom.